The molecule has 0 unspecified atom stereocenters. The molecule has 1 aliphatic heterocycles. The molecule has 0 aromatic carbocycles. The van der Waals surface area contributed by atoms with Gasteiger partial charge in [-0.25, -0.2) is 4.79 Å². The van der Waals surface area contributed by atoms with Crippen LogP contribution in [0.15, 0.2) is 24.5 Å². The molecule has 1 aromatic heterocycles. The average molecular weight is 332 g/mol. The van der Waals surface area contributed by atoms with E-state index in [0.29, 0.717) is 19.1 Å². The molecule has 132 valence electrons. The number of hydrogen-bond donors (Lipinski definition) is 2. The summed E-state index contributed by atoms with van der Waals surface area (Å²) in [5.74, 6) is 0.751. The minimum absolute atomic E-state index is 0.0166. The summed E-state index contributed by atoms with van der Waals surface area (Å²) in [5.41, 5.74) is 1.02. The predicted octanol–water partition coefficient (Wildman–Crippen LogP) is 2.28. The lowest BCUT2D eigenvalue weighted by atomic mass is 10.2. The van der Waals surface area contributed by atoms with E-state index in [1.807, 2.05) is 26.2 Å². The fraction of sp³-hybridized carbons (Fsp3) is 0.556. The molecule has 0 spiro atoms. The lowest BCUT2D eigenvalue weighted by molar-refractivity contribution is 0.187. The molecule has 2 rings (SSSR count). The molecule has 1 fully saturated rings. The van der Waals surface area contributed by atoms with E-state index < -0.39 is 0 Å². The van der Waals surface area contributed by atoms with Gasteiger partial charge in [-0.3, -0.25) is 4.98 Å². The molecule has 0 aliphatic carbocycles. The van der Waals surface area contributed by atoms with Crippen molar-refractivity contribution in [2.24, 2.45) is 0 Å². The van der Waals surface area contributed by atoms with Crippen LogP contribution in [0.5, 0.6) is 5.75 Å². The quantitative estimate of drug-likeness (QED) is 0.804. The van der Waals surface area contributed by atoms with Crippen molar-refractivity contribution in [2.75, 3.05) is 26.7 Å². The summed E-state index contributed by atoms with van der Waals surface area (Å²) in [6.07, 6.45) is 9.57. The summed E-state index contributed by atoms with van der Waals surface area (Å²) in [6.45, 7) is 6.05. The molecular formula is C18H28N4O2. The second kappa shape index (κ2) is 9.27. The number of amides is 2. The molecule has 2 heterocycles. The molecule has 0 radical (unpaired) electrons. The van der Waals surface area contributed by atoms with Crippen LogP contribution in [0.3, 0.4) is 0 Å². The number of ether oxygens (including phenoxy) is 1. The van der Waals surface area contributed by atoms with Crippen molar-refractivity contribution in [1.29, 1.82) is 0 Å². The number of carbonyl (C=O) groups excluding carboxylic acids is 1. The monoisotopic (exact) mass is 332 g/mol. The average Bonchev–Trinajstić information content (AvgIpc) is 3.04. The molecule has 0 bridgehead atoms. The first-order chi connectivity index (χ1) is 11.6. The number of pyridine rings is 1. The van der Waals surface area contributed by atoms with E-state index in [1.54, 1.807) is 11.1 Å². The number of rotatable bonds is 7. The van der Waals surface area contributed by atoms with Crippen LogP contribution in [-0.2, 0) is 0 Å². The third-order valence-electron chi connectivity index (χ3n) is 4.09. The van der Waals surface area contributed by atoms with Gasteiger partial charge in [0.2, 0.25) is 0 Å². The second-order valence-electron chi connectivity index (χ2n) is 6.09. The van der Waals surface area contributed by atoms with Crippen molar-refractivity contribution in [3.63, 3.8) is 0 Å². The topological polar surface area (TPSA) is 66.5 Å². The molecule has 2 amide bonds. The highest BCUT2D eigenvalue weighted by molar-refractivity contribution is 5.74. The van der Waals surface area contributed by atoms with Crippen molar-refractivity contribution in [1.82, 2.24) is 20.5 Å². The second-order valence-corrected chi connectivity index (χ2v) is 6.09. The first-order valence-electron chi connectivity index (χ1n) is 8.60. The van der Waals surface area contributed by atoms with Gasteiger partial charge in [0.1, 0.15) is 11.9 Å². The normalized spacial score (nSPS) is 18.8. The zero-order valence-corrected chi connectivity index (χ0v) is 14.8. The zero-order valence-electron chi connectivity index (χ0n) is 14.8. The van der Waals surface area contributed by atoms with E-state index in [9.17, 15) is 4.79 Å². The number of carbonyl (C=O) groups is 1. The Morgan fingerprint density at radius 1 is 1.54 bits per heavy atom. The Morgan fingerprint density at radius 2 is 2.38 bits per heavy atom. The lowest BCUT2D eigenvalue weighted by Gasteiger charge is -2.17. The number of likely N-dealkylation sites (tertiary alicyclic amines) is 1. The van der Waals surface area contributed by atoms with Gasteiger partial charge >= 0.3 is 6.03 Å². The van der Waals surface area contributed by atoms with Crippen LogP contribution < -0.4 is 15.4 Å². The van der Waals surface area contributed by atoms with Crippen molar-refractivity contribution in [3.8, 4) is 5.75 Å². The van der Waals surface area contributed by atoms with Gasteiger partial charge in [0.15, 0.2) is 0 Å². The van der Waals surface area contributed by atoms with Gasteiger partial charge in [-0.2, -0.15) is 0 Å². The van der Waals surface area contributed by atoms with Crippen LogP contribution >= 0.6 is 0 Å². The Balaban J connectivity index is 1.87. The van der Waals surface area contributed by atoms with Crippen molar-refractivity contribution in [3.05, 3.63) is 30.1 Å². The summed E-state index contributed by atoms with van der Waals surface area (Å²) < 4.78 is 5.99. The van der Waals surface area contributed by atoms with Crippen LogP contribution in [0.1, 0.15) is 32.3 Å². The maximum Gasteiger partial charge on any atom is 0.317 e. The summed E-state index contributed by atoms with van der Waals surface area (Å²) >= 11 is 0. The minimum Gasteiger partial charge on any atom is -0.487 e. The van der Waals surface area contributed by atoms with Crippen LogP contribution in [-0.4, -0.2) is 54.7 Å². The smallest absolute Gasteiger partial charge is 0.317 e. The Hall–Kier alpha value is -2.08. The van der Waals surface area contributed by atoms with Gasteiger partial charge in [-0.05, 0) is 38.9 Å². The van der Waals surface area contributed by atoms with E-state index in [2.05, 4.69) is 34.7 Å². The van der Waals surface area contributed by atoms with E-state index in [4.69, 9.17) is 4.74 Å². The third kappa shape index (κ3) is 5.53. The Kier molecular flexibility index (Phi) is 7.06. The maximum absolute atomic E-state index is 11.8. The van der Waals surface area contributed by atoms with Crippen LogP contribution in [0.4, 0.5) is 4.79 Å². The first kappa shape index (κ1) is 18.3. The van der Waals surface area contributed by atoms with Crippen molar-refractivity contribution >= 4 is 12.1 Å². The van der Waals surface area contributed by atoms with Gasteiger partial charge in [-0.15, -0.1) is 0 Å². The molecule has 6 nitrogen and oxygen atoms in total. The zero-order chi connectivity index (χ0) is 17.4. The maximum atomic E-state index is 11.8. The molecular weight excluding hydrogens is 304 g/mol. The number of aromatic nitrogens is 1. The molecule has 1 aromatic rings. The van der Waals surface area contributed by atoms with Gasteiger partial charge in [0, 0.05) is 31.7 Å². The molecule has 0 saturated carbocycles. The van der Waals surface area contributed by atoms with Gasteiger partial charge in [-0.1, -0.05) is 12.2 Å². The number of hydrogen-bond acceptors (Lipinski definition) is 4. The lowest BCUT2D eigenvalue weighted by Crippen LogP contribution is -2.39. The standard InChI is InChI=1S/C18H28N4O2/c1-4-21-18(23)22-9-8-16(13-22)24-17-10-15(11-20-12-17)7-5-6-14(2)19-3/h5,7,10-12,14,16,19H,4,6,8-9,13H2,1-3H3,(H,21,23)/b7-5+/t14-,16+/m0/s1. The van der Waals surface area contributed by atoms with E-state index >= 15 is 0 Å². The molecule has 1 aliphatic rings. The van der Waals surface area contributed by atoms with Crippen molar-refractivity contribution in [2.45, 2.75) is 38.8 Å². The van der Waals surface area contributed by atoms with Crippen LogP contribution in [0.2, 0.25) is 0 Å². The predicted molar refractivity (Wildman–Crippen MR) is 96.1 cm³/mol. The summed E-state index contributed by atoms with van der Waals surface area (Å²) in [6, 6.07) is 2.42. The van der Waals surface area contributed by atoms with E-state index in [0.717, 1.165) is 30.7 Å². The summed E-state index contributed by atoms with van der Waals surface area (Å²) in [5, 5.41) is 6.03. The fourth-order valence-corrected chi connectivity index (χ4v) is 2.58. The molecule has 24 heavy (non-hydrogen) atoms. The Bertz CT molecular complexity index is 562. The number of nitrogens with one attached hydrogen (secondary N) is 2. The van der Waals surface area contributed by atoms with Crippen molar-refractivity contribution < 1.29 is 9.53 Å². The Labute approximate surface area is 144 Å². The van der Waals surface area contributed by atoms with Crippen LogP contribution in [0.25, 0.3) is 6.08 Å². The molecule has 6 heteroatoms. The SMILES string of the molecule is CCNC(=O)N1CC[C@@H](Oc2cncc(/C=C/C[C@H](C)NC)c2)C1. The first-order valence-corrected chi connectivity index (χ1v) is 8.60. The van der Waals surface area contributed by atoms with E-state index in [1.165, 1.54) is 0 Å². The van der Waals surface area contributed by atoms with Gasteiger partial charge in [0.25, 0.3) is 0 Å². The summed E-state index contributed by atoms with van der Waals surface area (Å²) in [4.78, 5) is 17.9. The minimum atomic E-state index is -0.0166. The molecule has 2 N–H and O–H groups in total. The Morgan fingerprint density at radius 3 is 3.12 bits per heavy atom. The highest BCUT2D eigenvalue weighted by atomic mass is 16.5. The van der Waals surface area contributed by atoms with E-state index in [-0.39, 0.29) is 12.1 Å². The highest BCUT2D eigenvalue weighted by Crippen LogP contribution is 2.19. The highest BCUT2D eigenvalue weighted by Gasteiger charge is 2.27. The molecule has 1 saturated heterocycles. The third-order valence-corrected chi connectivity index (χ3v) is 4.09. The number of nitrogens with zero attached hydrogens (tertiary/aromatic N) is 2. The number of urea groups is 1. The van der Waals surface area contributed by atoms with Gasteiger partial charge < -0.3 is 20.3 Å². The van der Waals surface area contributed by atoms with Gasteiger partial charge in [0.05, 0.1) is 12.7 Å². The fourth-order valence-electron chi connectivity index (χ4n) is 2.58. The summed E-state index contributed by atoms with van der Waals surface area (Å²) in [7, 11) is 1.96. The van der Waals surface area contributed by atoms with Crippen LogP contribution in [0, 0.1) is 0 Å². The molecule has 2 atom stereocenters. The largest absolute Gasteiger partial charge is 0.487 e.